The van der Waals surface area contributed by atoms with Crippen LogP contribution in [0.4, 0.5) is 4.79 Å². The fourth-order valence-corrected chi connectivity index (χ4v) is 8.46. The summed E-state index contributed by atoms with van der Waals surface area (Å²) in [6.07, 6.45) is 1.33. The summed E-state index contributed by atoms with van der Waals surface area (Å²) in [5.41, 5.74) is 2.64. The predicted octanol–water partition coefficient (Wildman–Crippen LogP) is 4.43. The number of nitrogens with one attached hydrogen (secondary N) is 4. The number of aromatic amines is 1. The van der Waals surface area contributed by atoms with Crippen molar-refractivity contribution in [2.24, 2.45) is 5.92 Å². The summed E-state index contributed by atoms with van der Waals surface area (Å²) >= 11 is 0. The number of aliphatic hydroxyl groups excluding tert-OH is 1. The highest BCUT2D eigenvalue weighted by atomic mass is 16.6. The Morgan fingerprint density at radius 3 is 2.32 bits per heavy atom. The van der Waals surface area contributed by atoms with Crippen LogP contribution in [0.5, 0.6) is 11.5 Å². The van der Waals surface area contributed by atoms with Crippen LogP contribution in [0.15, 0.2) is 108 Å². The molecule has 0 unspecified atom stereocenters. The second-order valence-corrected chi connectivity index (χ2v) is 15.9. The first kappa shape index (κ1) is 40.6. The number of hydrogen-bond acceptors (Lipinski definition) is 10. The van der Waals surface area contributed by atoms with E-state index in [1.165, 1.54) is 12.1 Å². The maximum absolute atomic E-state index is 13.5. The van der Waals surface area contributed by atoms with E-state index in [0.29, 0.717) is 66.3 Å². The Labute approximate surface area is 347 Å². The third-order valence-corrected chi connectivity index (χ3v) is 11.9. The minimum atomic E-state index is -0.861. The van der Waals surface area contributed by atoms with Crippen LogP contribution < -0.4 is 26.2 Å². The second-order valence-electron chi connectivity index (χ2n) is 15.9. The second kappa shape index (κ2) is 18.0. The topological polar surface area (TPSA) is 186 Å². The molecule has 0 saturated carbocycles. The van der Waals surface area contributed by atoms with Gasteiger partial charge in [-0.25, -0.2) is 4.79 Å². The number of aromatic nitrogens is 1. The molecule has 0 spiro atoms. The molecule has 5 heterocycles. The van der Waals surface area contributed by atoms with Gasteiger partial charge in [0.1, 0.15) is 29.7 Å². The molecule has 4 fully saturated rings. The highest BCUT2D eigenvalue weighted by Gasteiger charge is 2.49. The van der Waals surface area contributed by atoms with Crippen LogP contribution in [-0.2, 0) is 16.9 Å². The molecule has 14 heteroatoms. The Kier molecular flexibility index (Phi) is 12.1. The van der Waals surface area contributed by atoms with E-state index in [-0.39, 0.29) is 47.9 Å². The minimum absolute atomic E-state index is 0.0625. The van der Waals surface area contributed by atoms with E-state index in [9.17, 15) is 29.4 Å². The summed E-state index contributed by atoms with van der Waals surface area (Å²) in [5, 5.41) is 30.6. The van der Waals surface area contributed by atoms with Crippen molar-refractivity contribution in [1.29, 1.82) is 0 Å². The van der Waals surface area contributed by atoms with Gasteiger partial charge in [0, 0.05) is 42.2 Å². The molecule has 9 rings (SSSR count). The molecule has 0 radical (unpaired) electrons. The van der Waals surface area contributed by atoms with Crippen LogP contribution in [-0.4, -0.2) is 101 Å². The smallest absolute Gasteiger partial charge is 0.408 e. The van der Waals surface area contributed by atoms with E-state index in [1.54, 1.807) is 53.4 Å². The van der Waals surface area contributed by atoms with Crippen molar-refractivity contribution in [2.45, 2.75) is 43.6 Å². The molecule has 5 aromatic rings. The van der Waals surface area contributed by atoms with Gasteiger partial charge in [-0.15, -0.1) is 0 Å². The number of hydrogen-bond donors (Lipinski definition) is 6. The van der Waals surface area contributed by atoms with Gasteiger partial charge >= 0.3 is 6.09 Å². The van der Waals surface area contributed by atoms with Crippen molar-refractivity contribution in [3.8, 4) is 11.5 Å². The Bertz CT molecular complexity index is 2360. The van der Waals surface area contributed by atoms with E-state index < -0.39 is 17.7 Å². The lowest BCUT2D eigenvalue weighted by Gasteiger charge is -2.51. The highest BCUT2D eigenvalue weighted by molar-refractivity contribution is 5.95. The number of aromatic hydroxyl groups is 1. The number of fused-ring (bicyclic) bond motifs is 4. The molecular weight excluding hydrogens is 765 g/mol. The van der Waals surface area contributed by atoms with E-state index in [1.807, 2.05) is 42.5 Å². The average molecular weight is 815 g/mol. The Balaban J connectivity index is 0.755. The normalized spacial score (nSPS) is 19.6. The number of pyridine rings is 1. The molecule has 1 aromatic heterocycles. The summed E-state index contributed by atoms with van der Waals surface area (Å²) in [5.74, 6) is 0.605. The van der Waals surface area contributed by atoms with Crippen molar-refractivity contribution in [3.05, 3.63) is 141 Å². The zero-order valence-corrected chi connectivity index (χ0v) is 33.3. The maximum Gasteiger partial charge on any atom is 0.408 e. The van der Waals surface area contributed by atoms with Crippen LogP contribution in [0.1, 0.15) is 62.8 Å². The van der Waals surface area contributed by atoms with Crippen molar-refractivity contribution >= 4 is 28.8 Å². The standard InChI is InChI=1S/C46H50N6O8/c53-38-17-15-36(37-16-18-41(55)49-42(37)38)39(54)25-47-21-4-22-48-43(56)32-9-7-30(8-10-32)27-59-35-13-11-33(12-14-35)44(57)52-28-46(29-52,34-5-2-1-3-6-34)50-45(58)60-40-26-51-23-19-31(40)20-24-51/h1-3,5-18,31,39-40,47,53-54H,4,19-29H2,(H,48,56)(H,49,55)(H,50,58)/t39-,40-/m0/s1. The lowest BCUT2D eigenvalue weighted by Crippen LogP contribution is -2.69. The molecule has 2 bridgehead atoms. The summed E-state index contributed by atoms with van der Waals surface area (Å²) in [6, 6.07) is 29.9. The molecule has 0 aliphatic carbocycles. The Morgan fingerprint density at radius 2 is 1.60 bits per heavy atom. The number of ether oxygens (including phenoxy) is 2. The Hall–Kier alpha value is -6.22. The molecule has 4 saturated heterocycles. The van der Waals surface area contributed by atoms with Gasteiger partial charge in [-0.3, -0.25) is 19.3 Å². The fraction of sp³-hybridized carbons (Fsp3) is 0.348. The number of amides is 3. The number of carbonyl (C=O) groups excluding carboxylic acids is 3. The molecular formula is C46H50N6O8. The average Bonchev–Trinajstić information content (AvgIpc) is 3.26. The van der Waals surface area contributed by atoms with Crippen LogP contribution in [0, 0.1) is 5.92 Å². The zero-order chi connectivity index (χ0) is 41.6. The van der Waals surface area contributed by atoms with Gasteiger partial charge in [0.15, 0.2) is 0 Å². The number of nitrogens with zero attached hydrogens (tertiary/aromatic N) is 2. The number of phenolic OH excluding ortho intramolecular Hbond substituents is 1. The number of H-pyrrole nitrogens is 1. The van der Waals surface area contributed by atoms with Crippen LogP contribution in [0.2, 0.25) is 0 Å². The van der Waals surface area contributed by atoms with Crippen molar-refractivity contribution in [3.63, 3.8) is 0 Å². The van der Waals surface area contributed by atoms with Crippen molar-refractivity contribution in [2.75, 3.05) is 52.4 Å². The summed E-state index contributed by atoms with van der Waals surface area (Å²) in [6.45, 7) is 5.08. The van der Waals surface area contributed by atoms with E-state index in [0.717, 1.165) is 43.6 Å². The molecule has 4 aliphatic heterocycles. The number of rotatable bonds is 15. The number of carbonyl (C=O) groups is 3. The molecule has 60 heavy (non-hydrogen) atoms. The van der Waals surface area contributed by atoms with Gasteiger partial charge in [-0.05, 0) is 110 Å². The number of benzene rings is 4. The molecule has 6 N–H and O–H groups in total. The third-order valence-electron chi connectivity index (χ3n) is 11.9. The first-order valence-corrected chi connectivity index (χ1v) is 20.5. The first-order valence-electron chi connectivity index (χ1n) is 20.5. The fourth-order valence-electron chi connectivity index (χ4n) is 8.46. The molecule has 312 valence electrons. The largest absolute Gasteiger partial charge is 0.506 e. The minimum Gasteiger partial charge on any atom is -0.506 e. The van der Waals surface area contributed by atoms with Crippen LogP contribution >= 0.6 is 0 Å². The van der Waals surface area contributed by atoms with E-state index >= 15 is 0 Å². The van der Waals surface area contributed by atoms with Gasteiger partial charge < -0.3 is 45.5 Å². The summed E-state index contributed by atoms with van der Waals surface area (Å²) in [7, 11) is 0. The third kappa shape index (κ3) is 9.15. The zero-order valence-electron chi connectivity index (χ0n) is 33.3. The van der Waals surface area contributed by atoms with Crippen molar-refractivity contribution in [1.82, 2.24) is 30.7 Å². The van der Waals surface area contributed by atoms with E-state index in [2.05, 4.69) is 25.8 Å². The number of aliphatic hydroxyl groups is 1. The van der Waals surface area contributed by atoms with E-state index in [4.69, 9.17) is 9.47 Å². The van der Waals surface area contributed by atoms with Gasteiger partial charge in [-0.2, -0.15) is 0 Å². The van der Waals surface area contributed by atoms with Gasteiger partial charge in [0.2, 0.25) is 5.56 Å². The monoisotopic (exact) mass is 814 g/mol. The lowest BCUT2D eigenvalue weighted by molar-refractivity contribution is -0.0404. The number of phenols is 1. The lowest BCUT2D eigenvalue weighted by atomic mass is 9.82. The number of alkyl carbamates (subject to hydrolysis) is 1. The quantitative estimate of drug-likeness (QED) is 0.0827. The molecule has 14 nitrogen and oxygen atoms in total. The first-order chi connectivity index (χ1) is 29.1. The highest BCUT2D eigenvalue weighted by Crippen LogP contribution is 2.35. The molecule has 4 aliphatic rings. The van der Waals surface area contributed by atoms with Crippen LogP contribution in [0.25, 0.3) is 10.9 Å². The number of likely N-dealkylation sites (tertiary alicyclic amines) is 1. The number of piperidine rings is 3. The SMILES string of the molecule is O=C(NC1(c2ccccc2)CN(C(=O)c2ccc(OCc3ccc(C(=O)NCCCNC[C@H](O)c4ccc(O)c5[nH]c(=O)ccc45)cc3)cc2)C1)O[C@H]1CN2CCC1CC2. The van der Waals surface area contributed by atoms with Gasteiger partial charge in [0.25, 0.3) is 11.8 Å². The predicted molar refractivity (Wildman–Crippen MR) is 225 cm³/mol. The molecule has 3 amide bonds. The maximum atomic E-state index is 13.5. The van der Waals surface area contributed by atoms with Crippen LogP contribution in [0.3, 0.4) is 0 Å². The Morgan fingerprint density at radius 1 is 0.867 bits per heavy atom. The van der Waals surface area contributed by atoms with Crippen molar-refractivity contribution < 1.29 is 34.1 Å². The molecule has 4 aromatic carbocycles. The summed E-state index contributed by atoms with van der Waals surface area (Å²) in [4.78, 5) is 57.8. The summed E-state index contributed by atoms with van der Waals surface area (Å²) < 4.78 is 11.9. The molecule has 2 atom stereocenters. The van der Waals surface area contributed by atoms with Gasteiger partial charge in [0.05, 0.1) is 24.7 Å². The van der Waals surface area contributed by atoms with Gasteiger partial charge in [-0.1, -0.05) is 48.5 Å².